The van der Waals surface area contributed by atoms with Crippen molar-refractivity contribution in [2.45, 2.75) is 42.3 Å². The molecule has 0 unspecified atom stereocenters. The van der Waals surface area contributed by atoms with Gasteiger partial charge in [-0.1, -0.05) is 35.5 Å². The monoisotopic (exact) mass is 474 g/mol. The van der Waals surface area contributed by atoms with Crippen molar-refractivity contribution in [1.29, 1.82) is 0 Å². The quantitative estimate of drug-likeness (QED) is 0.577. The number of rotatable bonds is 7. The summed E-state index contributed by atoms with van der Waals surface area (Å²) in [6.45, 7) is 5.27. The Kier molecular flexibility index (Phi) is 8.02. The number of anilines is 1. The fourth-order valence-electron chi connectivity index (χ4n) is 2.57. The highest BCUT2D eigenvalue weighted by molar-refractivity contribution is 7.99. The van der Waals surface area contributed by atoms with Crippen LogP contribution in [0.2, 0.25) is 5.02 Å². The topological polar surface area (TPSA) is 69.6 Å². The van der Waals surface area contributed by atoms with Crippen molar-refractivity contribution < 1.29 is 27.9 Å². The summed E-state index contributed by atoms with van der Waals surface area (Å²) in [4.78, 5) is 27.6. The molecule has 2 aromatic rings. The fraction of sp³-hybridized carbons (Fsp3) is 0.333. The van der Waals surface area contributed by atoms with E-state index in [2.05, 4.69) is 0 Å². The molecular weight excluding hydrogens is 453 g/mol. The van der Waals surface area contributed by atoms with E-state index in [1.165, 1.54) is 23.9 Å². The summed E-state index contributed by atoms with van der Waals surface area (Å²) in [5, 5.41) is 11.5. The first-order chi connectivity index (χ1) is 14.4. The Hall–Kier alpha value is -2.23. The summed E-state index contributed by atoms with van der Waals surface area (Å²) >= 11 is 7.39. The van der Waals surface area contributed by atoms with Crippen LogP contribution in [-0.2, 0) is 4.79 Å². The Morgan fingerprint density at radius 1 is 1.13 bits per heavy atom. The minimum atomic E-state index is -5.14. The van der Waals surface area contributed by atoms with Crippen LogP contribution in [0.5, 0.6) is 0 Å². The molecule has 10 heteroatoms. The summed E-state index contributed by atoms with van der Waals surface area (Å²) in [6.07, 6.45) is -5.14. The number of halogens is 4. The molecular formula is C21H22ClF3N2O3S. The second-order valence-electron chi connectivity index (χ2n) is 6.74. The van der Waals surface area contributed by atoms with Gasteiger partial charge in [0.15, 0.2) is 0 Å². The van der Waals surface area contributed by atoms with Crippen molar-refractivity contribution in [2.24, 2.45) is 0 Å². The summed E-state index contributed by atoms with van der Waals surface area (Å²) in [5.41, 5.74) is -3.12. The van der Waals surface area contributed by atoms with Gasteiger partial charge in [-0.2, -0.15) is 13.2 Å². The van der Waals surface area contributed by atoms with Gasteiger partial charge in [-0.25, -0.2) is 0 Å². The van der Waals surface area contributed by atoms with Gasteiger partial charge in [0.2, 0.25) is 5.60 Å². The number of nitrogens with zero attached hydrogens (tertiary/aromatic N) is 1. The molecule has 2 rings (SSSR count). The van der Waals surface area contributed by atoms with E-state index in [0.29, 0.717) is 35.4 Å². The third-order valence-electron chi connectivity index (χ3n) is 4.58. The lowest BCUT2D eigenvalue weighted by molar-refractivity contribution is -0.242. The lowest BCUT2D eigenvalue weighted by Gasteiger charge is -2.25. The van der Waals surface area contributed by atoms with Crippen LogP contribution in [0, 0.1) is 0 Å². The second kappa shape index (κ2) is 9.93. The lowest BCUT2D eigenvalue weighted by Crippen LogP contribution is -2.52. The van der Waals surface area contributed by atoms with Gasteiger partial charge >= 0.3 is 6.18 Å². The van der Waals surface area contributed by atoms with Crippen LogP contribution in [0.3, 0.4) is 0 Å². The summed E-state index contributed by atoms with van der Waals surface area (Å²) in [7, 11) is 0. The molecule has 0 aliphatic carbocycles. The van der Waals surface area contributed by atoms with E-state index in [4.69, 9.17) is 11.6 Å². The number of benzene rings is 2. The molecule has 168 valence electrons. The number of carbonyl (C=O) groups excluding carboxylic acids is 2. The maximum Gasteiger partial charge on any atom is 0.426 e. The molecule has 0 heterocycles. The van der Waals surface area contributed by atoms with E-state index in [0.717, 1.165) is 0 Å². The van der Waals surface area contributed by atoms with Crippen molar-refractivity contribution >= 4 is 40.9 Å². The van der Waals surface area contributed by atoms with Gasteiger partial charge < -0.3 is 15.3 Å². The molecule has 0 aliphatic rings. The average molecular weight is 475 g/mol. The summed E-state index contributed by atoms with van der Waals surface area (Å²) < 4.78 is 38.5. The van der Waals surface area contributed by atoms with E-state index < -0.39 is 17.7 Å². The van der Waals surface area contributed by atoms with E-state index in [-0.39, 0.29) is 16.6 Å². The highest BCUT2D eigenvalue weighted by Gasteiger charge is 2.55. The zero-order valence-corrected chi connectivity index (χ0v) is 18.7. The van der Waals surface area contributed by atoms with Gasteiger partial charge in [-0.15, -0.1) is 0 Å². The molecule has 0 saturated carbocycles. The van der Waals surface area contributed by atoms with Crippen LogP contribution >= 0.6 is 23.4 Å². The van der Waals surface area contributed by atoms with Gasteiger partial charge in [-0.05, 0) is 51.1 Å². The highest BCUT2D eigenvalue weighted by Crippen LogP contribution is 2.36. The van der Waals surface area contributed by atoms with Crippen LogP contribution in [0.25, 0.3) is 0 Å². The molecule has 0 spiro atoms. The number of amides is 2. The second-order valence-corrected chi connectivity index (χ2v) is 8.26. The van der Waals surface area contributed by atoms with Gasteiger partial charge in [0.1, 0.15) is 0 Å². The number of hydrogen-bond donors (Lipinski definition) is 2. The van der Waals surface area contributed by atoms with Crippen LogP contribution in [-0.4, -0.2) is 46.7 Å². The molecule has 1 atom stereocenters. The Labute approximate surface area is 187 Å². The first kappa shape index (κ1) is 25.0. The fourth-order valence-corrected chi connectivity index (χ4v) is 3.85. The molecule has 31 heavy (non-hydrogen) atoms. The lowest BCUT2D eigenvalue weighted by atomic mass is 10.1. The Morgan fingerprint density at radius 3 is 2.29 bits per heavy atom. The zero-order valence-electron chi connectivity index (χ0n) is 17.1. The van der Waals surface area contributed by atoms with Crippen molar-refractivity contribution in [3.63, 3.8) is 0 Å². The molecule has 2 N–H and O–H groups in total. The maximum atomic E-state index is 12.8. The normalized spacial score (nSPS) is 13.4. The van der Waals surface area contributed by atoms with Crippen molar-refractivity contribution in [3.8, 4) is 0 Å². The number of alkyl halides is 3. The molecule has 0 bridgehead atoms. The zero-order chi connectivity index (χ0) is 23.4. The van der Waals surface area contributed by atoms with Gasteiger partial charge in [0, 0.05) is 22.9 Å². The number of carbonyl (C=O) groups is 2. The molecule has 0 radical (unpaired) electrons. The summed E-state index contributed by atoms with van der Waals surface area (Å²) in [6, 6.07) is 11.4. The molecule has 0 fully saturated rings. The van der Waals surface area contributed by atoms with Gasteiger partial charge in [-0.3, -0.25) is 9.59 Å². The van der Waals surface area contributed by atoms with Crippen molar-refractivity contribution in [1.82, 2.24) is 4.90 Å². The molecule has 0 aliphatic heterocycles. The SMILES string of the molecule is CCN(CC)C(=O)c1ccccc1Sc1ccc(NC(=O)[C@@](C)(O)C(F)(F)F)c(Cl)c1. The highest BCUT2D eigenvalue weighted by atomic mass is 35.5. The van der Waals surface area contributed by atoms with Crippen LogP contribution < -0.4 is 5.32 Å². The molecule has 5 nitrogen and oxygen atoms in total. The third kappa shape index (κ3) is 5.72. The first-order valence-electron chi connectivity index (χ1n) is 9.38. The maximum absolute atomic E-state index is 12.8. The van der Waals surface area contributed by atoms with E-state index >= 15 is 0 Å². The smallest absolute Gasteiger partial charge is 0.373 e. The minimum Gasteiger partial charge on any atom is -0.373 e. The van der Waals surface area contributed by atoms with Crippen molar-refractivity contribution in [3.05, 3.63) is 53.1 Å². The summed E-state index contributed by atoms with van der Waals surface area (Å²) in [5.74, 6) is -1.75. The largest absolute Gasteiger partial charge is 0.426 e. The molecule has 0 saturated heterocycles. The van der Waals surface area contributed by atoms with Gasteiger partial charge in [0.05, 0.1) is 16.3 Å². The van der Waals surface area contributed by atoms with Crippen LogP contribution in [0.1, 0.15) is 31.1 Å². The van der Waals surface area contributed by atoms with Crippen LogP contribution in [0.15, 0.2) is 52.3 Å². The van der Waals surface area contributed by atoms with E-state index in [9.17, 15) is 27.9 Å². The third-order valence-corrected chi connectivity index (χ3v) is 5.96. The molecule has 0 aromatic heterocycles. The van der Waals surface area contributed by atoms with Crippen LogP contribution in [0.4, 0.5) is 18.9 Å². The van der Waals surface area contributed by atoms with E-state index in [1.54, 1.807) is 35.2 Å². The minimum absolute atomic E-state index is 0.0103. The predicted octanol–water partition coefficient (Wildman–Crippen LogP) is 5.23. The molecule has 2 aromatic carbocycles. The standard InChI is InChI=1S/C21H22ClF3N2O3S/c1-4-27(5-2)18(28)14-8-6-7-9-17(14)31-13-10-11-16(15(22)12-13)26-19(29)20(3,30)21(23,24)25/h6-12,30H,4-5H2,1-3H3,(H,26,29)/t20-/m1/s1. The average Bonchev–Trinajstić information content (AvgIpc) is 2.70. The Morgan fingerprint density at radius 2 is 1.74 bits per heavy atom. The van der Waals surface area contributed by atoms with E-state index in [1.807, 2.05) is 19.2 Å². The Bertz CT molecular complexity index is 963. The predicted molar refractivity (Wildman–Crippen MR) is 115 cm³/mol. The van der Waals surface area contributed by atoms with Gasteiger partial charge in [0.25, 0.3) is 11.8 Å². The van der Waals surface area contributed by atoms with Crippen molar-refractivity contribution in [2.75, 3.05) is 18.4 Å². The first-order valence-corrected chi connectivity index (χ1v) is 10.6. The number of aliphatic hydroxyl groups is 1. The number of hydrogen-bond acceptors (Lipinski definition) is 4. The Balaban J connectivity index is 2.24. The number of nitrogens with one attached hydrogen (secondary N) is 1. The molecule has 2 amide bonds.